The molecule has 1 heterocycles. The van der Waals surface area contributed by atoms with Gasteiger partial charge in [0.2, 0.25) is 0 Å². The topological polar surface area (TPSA) is 15.3 Å². The van der Waals surface area contributed by atoms with Gasteiger partial charge in [-0.15, -0.1) is 0 Å². The van der Waals surface area contributed by atoms with Crippen LogP contribution in [0.3, 0.4) is 0 Å². The normalized spacial score (nSPS) is 21.7. The van der Waals surface area contributed by atoms with Gasteiger partial charge in [0.05, 0.1) is 0 Å². The van der Waals surface area contributed by atoms with Crippen LogP contribution in [-0.4, -0.2) is 30.6 Å². The molecule has 0 amide bonds. The van der Waals surface area contributed by atoms with Crippen molar-refractivity contribution in [1.29, 1.82) is 0 Å². The predicted molar refractivity (Wildman–Crippen MR) is 80.1 cm³/mol. The first-order valence-corrected chi connectivity index (χ1v) is 8.06. The highest BCUT2D eigenvalue weighted by Gasteiger charge is 2.35. The van der Waals surface area contributed by atoms with Gasteiger partial charge in [-0.1, -0.05) is 0 Å². The maximum Gasteiger partial charge on any atom is 0.128 e. The van der Waals surface area contributed by atoms with Crippen LogP contribution in [0.5, 0.6) is 0 Å². The first kappa shape index (κ1) is 14.9. The molecule has 116 valence electrons. The SMILES string of the molecule is CC(c1cc(F)ccc1F)N(CC1CCNCC1)C1CC1. The van der Waals surface area contributed by atoms with E-state index in [4.69, 9.17) is 0 Å². The molecule has 1 aliphatic heterocycles. The number of benzene rings is 1. The first-order valence-electron chi connectivity index (χ1n) is 8.06. The number of hydrogen-bond acceptors (Lipinski definition) is 2. The van der Waals surface area contributed by atoms with Gasteiger partial charge in [0.15, 0.2) is 0 Å². The van der Waals surface area contributed by atoms with Gasteiger partial charge in [-0.05, 0) is 69.8 Å². The monoisotopic (exact) mass is 294 g/mol. The molecule has 1 saturated carbocycles. The lowest BCUT2D eigenvalue weighted by Crippen LogP contribution is -2.38. The summed E-state index contributed by atoms with van der Waals surface area (Å²) in [6.07, 6.45) is 4.74. The minimum absolute atomic E-state index is 0.0527. The zero-order valence-electron chi connectivity index (χ0n) is 12.6. The Kier molecular flexibility index (Phi) is 4.55. The number of nitrogens with zero attached hydrogens (tertiary/aromatic N) is 1. The highest BCUT2D eigenvalue weighted by Crippen LogP contribution is 2.36. The van der Waals surface area contributed by atoms with Crippen LogP contribution in [0.2, 0.25) is 0 Å². The van der Waals surface area contributed by atoms with Crippen molar-refractivity contribution in [2.45, 2.75) is 44.7 Å². The molecule has 1 aromatic carbocycles. The zero-order valence-corrected chi connectivity index (χ0v) is 12.6. The fourth-order valence-electron chi connectivity index (χ4n) is 3.41. The van der Waals surface area contributed by atoms with Crippen molar-refractivity contribution in [3.8, 4) is 0 Å². The average molecular weight is 294 g/mol. The Balaban J connectivity index is 1.74. The maximum atomic E-state index is 14.0. The molecule has 1 aromatic rings. The van der Waals surface area contributed by atoms with Crippen LogP contribution < -0.4 is 5.32 Å². The van der Waals surface area contributed by atoms with Gasteiger partial charge < -0.3 is 5.32 Å². The Morgan fingerprint density at radius 2 is 1.90 bits per heavy atom. The van der Waals surface area contributed by atoms with Crippen molar-refractivity contribution < 1.29 is 8.78 Å². The van der Waals surface area contributed by atoms with Gasteiger partial charge in [0.1, 0.15) is 11.6 Å². The lowest BCUT2D eigenvalue weighted by Gasteiger charge is -2.34. The fourth-order valence-corrected chi connectivity index (χ4v) is 3.41. The van der Waals surface area contributed by atoms with Gasteiger partial charge in [-0.25, -0.2) is 8.78 Å². The summed E-state index contributed by atoms with van der Waals surface area (Å²) in [4.78, 5) is 2.40. The molecule has 4 heteroatoms. The number of halogens is 2. The van der Waals surface area contributed by atoms with Crippen LogP contribution >= 0.6 is 0 Å². The van der Waals surface area contributed by atoms with E-state index in [1.807, 2.05) is 6.92 Å². The van der Waals surface area contributed by atoms with Crippen LogP contribution in [0.15, 0.2) is 18.2 Å². The Hall–Kier alpha value is -1.00. The van der Waals surface area contributed by atoms with Gasteiger partial charge in [-0.2, -0.15) is 0 Å². The first-order chi connectivity index (χ1) is 10.1. The summed E-state index contributed by atoms with van der Waals surface area (Å²) in [6, 6.07) is 4.30. The zero-order chi connectivity index (χ0) is 14.8. The number of piperidine rings is 1. The molecule has 2 nitrogen and oxygen atoms in total. The summed E-state index contributed by atoms with van der Waals surface area (Å²) in [6.45, 7) is 5.17. The van der Waals surface area contributed by atoms with E-state index in [1.54, 1.807) is 0 Å². The molecule has 21 heavy (non-hydrogen) atoms. The number of hydrogen-bond donors (Lipinski definition) is 1. The Morgan fingerprint density at radius 1 is 1.19 bits per heavy atom. The van der Waals surface area contributed by atoms with Crippen LogP contribution in [0.4, 0.5) is 8.78 Å². The van der Waals surface area contributed by atoms with Crippen molar-refractivity contribution >= 4 is 0 Å². The summed E-state index contributed by atoms with van der Waals surface area (Å²) < 4.78 is 27.5. The molecule has 1 unspecified atom stereocenters. The van der Waals surface area contributed by atoms with E-state index in [0.29, 0.717) is 17.5 Å². The molecule has 2 aliphatic rings. The molecule has 1 saturated heterocycles. The largest absolute Gasteiger partial charge is 0.317 e. The van der Waals surface area contributed by atoms with E-state index < -0.39 is 0 Å². The second-order valence-corrected chi connectivity index (χ2v) is 6.46. The summed E-state index contributed by atoms with van der Waals surface area (Å²) in [5, 5.41) is 3.38. The molecule has 0 radical (unpaired) electrons. The quantitative estimate of drug-likeness (QED) is 0.894. The molecule has 1 atom stereocenters. The van der Waals surface area contributed by atoms with Crippen LogP contribution in [0, 0.1) is 17.6 Å². The van der Waals surface area contributed by atoms with E-state index in [9.17, 15) is 8.78 Å². The number of rotatable bonds is 5. The lowest BCUT2D eigenvalue weighted by atomic mass is 9.95. The van der Waals surface area contributed by atoms with E-state index in [-0.39, 0.29) is 17.7 Å². The van der Waals surface area contributed by atoms with Crippen molar-refractivity contribution in [3.63, 3.8) is 0 Å². The Bertz CT molecular complexity index is 482. The van der Waals surface area contributed by atoms with Crippen molar-refractivity contribution in [2.75, 3.05) is 19.6 Å². The summed E-state index contributed by atoms with van der Waals surface area (Å²) in [5.74, 6) is 0.0293. The molecule has 1 aliphatic carbocycles. The van der Waals surface area contributed by atoms with Crippen molar-refractivity contribution in [1.82, 2.24) is 10.2 Å². The summed E-state index contributed by atoms with van der Waals surface area (Å²) in [7, 11) is 0. The van der Waals surface area contributed by atoms with Gasteiger partial charge in [0.25, 0.3) is 0 Å². The van der Waals surface area contributed by atoms with Crippen LogP contribution in [-0.2, 0) is 0 Å². The second-order valence-electron chi connectivity index (χ2n) is 6.46. The van der Waals surface area contributed by atoms with Crippen LogP contribution in [0.25, 0.3) is 0 Å². The Labute approximate surface area is 125 Å². The van der Waals surface area contributed by atoms with Crippen molar-refractivity contribution in [2.24, 2.45) is 5.92 Å². The minimum atomic E-state index is -0.351. The van der Waals surface area contributed by atoms with Gasteiger partial charge in [0, 0.05) is 24.2 Å². The molecule has 0 aromatic heterocycles. The van der Waals surface area contributed by atoms with E-state index in [1.165, 1.54) is 43.9 Å². The maximum absolute atomic E-state index is 14.0. The fraction of sp³-hybridized carbons (Fsp3) is 0.647. The van der Waals surface area contributed by atoms with Crippen molar-refractivity contribution in [3.05, 3.63) is 35.4 Å². The minimum Gasteiger partial charge on any atom is -0.317 e. The molecule has 3 rings (SSSR count). The molecule has 1 N–H and O–H groups in total. The van der Waals surface area contributed by atoms with Crippen LogP contribution in [0.1, 0.15) is 44.2 Å². The molecule has 0 bridgehead atoms. The predicted octanol–water partition coefficient (Wildman–Crippen LogP) is 3.49. The van der Waals surface area contributed by atoms with E-state index >= 15 is 0 Å². The third-order valence-electron chi connectivity index (χ3n) is 4.85. The van der Waals surface area contributed by atoms with Gasteiger partial charge in [-0.3, -0.25) is 4.90 Å². The molecular formula is C17H24F2N2. The smallest absolute Gasteiger partial charge is 0.128 e. The van der Waals surface area contributed by atoms with E-state index in [0.717, 1.165) is 19.6 Å². The molecule has 0 spiro atoms. The van der Waals surface area contributed by atoms with E-state index in [2.05, 4.69) is 10.2 Å². The highest BCUT2D eigenvalue weighted by atomic mass is 19.1. The summed E-state index contributed by atoms with van der Waals surface area (Å²) in [5.41, 5.74) is 0.496. The third-order valence-corrected chi connectivity index (χ3v) is 4.85. The molecule has 2 fully saturated rings. The Morgan fingerprint density at radius 3 is 2.57 bits per heavy atom. The summed E-state index contributed by atoms with van der Waals surface area (Å²) >= 11 is 0. The van der Waals surface area contributed by atoms with Gasteiger partial charge >= 0.3 is 0 Å². The number of nitrogens with one attached hydrogen (secondary N) is 1. The highest BCUT2D eigenvalue weighted by molar-refractivity contribution is 5.22. The lowest BCUT2D eigenvalue weighted by molar-refractivity contribution is 0.149. The third kappa shape index (κ3) is 3.61. The second kappa shape index (κ2) is 6.41. The standard InChI is InChI=1S/C17H24F2N2/c1-12(16-10-14(18)2-5-17(16)19)21(15-3-4-15)11-13-6-8-20-9-7-13/h2,5,10,12-13,15,20H,3-4,6-9,11H2,1H3. The average Bonchev–Trinajstić information content (AvgIpc) is 3.32. The molecular weight excluding hydrogens is 270 g/mol.